The number of nitrogens with zero attached hydrogens (tertiary/aromatic N) is 3. The van der Waals surface area contributed by atoms with Crippen LogP contribution in [0.5, 0.6) is 0 Å². The molecular formula is C14H14N4OS. The fraction of sp³-hybridized carbons (Fsp3) is 0.214. The van der Waals surface area contributed by atoms with E-state index in [0.717, 1.165) is 22.8 Å². The largest absolute Gasteiger partial charge is 0.360 e. The van der Waals surface area contributed by atoms with Gasteiger partial charge in [-0.1, -0.05) is 46.7 Å². The molecule has 0 aliphatic heterocycles. The summed E-state index contributed by atoms with van der Waals surface area (Å²) >= 11 is 1.52. The highest BCUT2D eigenvalue weighted by Gasteiger charge is 2.08. The van der Waals surface area contributed by atoms with Crippen LogP contribution in [-0.4, -0.2) is 20.3 Å². The third-order valence-corrected chi connectivity index (χ3v) is 3.68. The highest BCUT2D eigenvalue weighted by Crippen LogP contribution is 2.22. The SMILES string of the molecule is Cc1ccc(-c2nc(SCc3cc(C)no3)n[nH]2)cc1. The summed E-state index contributed by atoms with van der Waals surface area (Å²) in [5, 5.41) is 11.7. The lowest BCUT2D eigenvalue weighted by molar-refractivity contribution is 0.391. The standard InChI is InChI=1S/C14H14N4OS/c1-9-3-5-11(6-4-9)13-15-14(17-16-13)20-8-12-7-10(2)18-19-12/h3-7H,8H2,1-2H3,(H,15,16,17). The molecular weight excluding hydrogens is 272 g/mol. The van der Waals surface area contributed by atoms with Crippen molar-refractivity contribution in [2.24, 2.45) is 0 Å². The summed E-state index contributed by atoms with van der Waals surface area (Å²) in [5.74, 6) is 2.28. The van der Waals surface area contributed by atoms with Crippen LogP contribution in [0.15, 0.2) is 40.0 Å². The molecule has 0 aliphatic carbocycles. The minimum Gasteiger partial charge on any atom is -0.360 e. The summed E-state index contributed by atoms with van der Waals surface area (Å²) < 4.78 is 5.15. The van der Waals surface area contributed by atoms with Crippen molar-refractivity contribution in [3.05, 3.63) is 47.3 Å². The van der Waals surface area contributed by atoms with E-state index in [1.54, 1.807) is 0 Å². The van der Waals surface area contributed by atoms with E-state index in [4.69, 9.17) is 4.52 Å². The number of hydrogen-bond acceptors (Lipinski definition) is 5. The third kappa shape index (κ3) is 2.91. The van der Waals surface area contributed by atoms with Crippen LogP contribution >= 0.6 is 11.8 Å². The van der Waals surface area contributed by atoms with Crippen molar-refractivity contribution >= 4 is 11.8 Å². The van der Waals surface area contributed by atoms with E-state index in [2.05, 4.69) is 39.4 Å². The van der Waals surface area contributed by atoms with Gasteiger partial charge in [0.1, 0.15) is 5.76 Å². The lowest BCUT2D eigenvalue weighted by Gasteiger charge is -1.96. The zero-order valence-corrected chi connectivity index (χ0v) is 12.1. The summed E-state index contributed by atoms with van der Waals surface area (Å²) in [7, 11) is 0. The zero-order chi connectivity index (χ0) is 13.9. The van der Waals surface area contributed by atoms with E-state index in [1.165, 1.54) is 17.3 Å². The summed E-state index contributed by atoms with van der Waals surface area (Å²) in [4.78, 5) is 4.47. The number of benzene rings is 1. The van der Waals surface area contributed by atoms with Gasteiger partial charge in [0, 0.05) is 11.6 Å². The number of rotatable bonds is 4. The monoisotopic (exact) mass is 286 g/mol. The van der Waals surface area contributed by atoms with Crippen molar-refractivity contribution < 1.29 is 4.52 Å². The van der Waals surface area contributed by atoms with Gasteiger partial charge in [0.25, 0.3) is 0 Å². The number of H-pyrrole nitrogens is 1. The fourth-order valence-electron chi connectivity index (χ4n) is 1.77. The van der Waals surface area contributed by atoms with Gasteiger partial charge in [-0.25, -0.2) is 4.98 Å². The molecule has 0 spiro atoms. The molecule has 6 heteroatoms. The molecule has 2 heterocycles. The summed E-state index contributed by atoms with van der Waals surface area (Å²) in [6, 6.07) is 10.1. The first-order valence-corrected chi connectivity index (χ1v) is 7.24. The van der Waals surface area contributed by atoms with E-state index in [1.807, 2.05) is 25.1 Å². The number of thioether (sulfide) groups is 1. The Morgan fingerprint density at radius 3 is 2.70 bits per heavy atom. The number of nitrogens with one attached hydrogen (secondary N) is 1. The molecule has 5 nitrogen and oxygen atoms in total. The molecule has 0 atom stereocenters. The van der Waals surface area contributed by atoms with Crippen LogP contribution in [0.25, 0.3) is 11.4 Å². The second kappa shape index (κ2) is 5.50. The van der Waals surface area contributed by atoms with Gasteiger partial charge < -0.3 is 4.52 Å². The Balaban J connectivity index is 1.69. The van der Waals surface area contributed by atoms with Gasteiger partial charge >= 0.3 is 0 Å². The smallest absolute Gasteiger partial charge is 0.209 e. The van der Waals surface area contributed by atoms with Crippen molar-refractivity contribution in [3.8, 4) is 11.4 Å². The number of aromatic amines is 1. The predicted molar refractivity (Wildman–Crippen MR) is 77.4 cm³/mol. The molecule has 102 valence electrons. The topological polar surface area (TPSA) is 67.6 Å². The van der Waals surface area contributed by atoms with Crippen molar-refractivity contribution in [2.75, 3.05) is 0 Å². The van der Waals surface area contributed by atoms with Crippen LogP contribution in [0.2, 0.25) is 0 Å². The molecule has 1 N–H and O–H groups in total. The normalized spacial score (nSPS) is 10.9. The minimum absolute atomic E-state index is 0.673. The molecule has 0 unspecified atom stereocenters. The molecule has 3 aromatic rings. The molecule has 20 heavy (non-hydrogen) atoms. The van der Waals surface area contributed by atoms with Gasteiger partial charge in [-0.15, -0.1) is 5.10 Å². The van der Waals surface area contributed by atoms with Crippen molar-refractivity contribution in [1.29, 1.82) is 0 Å². The van der Waals surface area contributed by atoms with Crippen molar-refractivity contribution in [2.45, 2.75) is 24.8 Å². The van der Waals surface area contributed by atoms with Gasteiger partial charge in [-0.05, 0) is 13.8 Å². The fourth-order valence-corrected chi connectivity index (χ4v) is 2.44. The molecule has 0 saturated heterocycles. The average molecular weight is 286 g/mol. The first-order valence-electron chi connectivity index (χ1n) is 6.25. The highest BCUT2D eigenvalue weighted by atomic mass is 32.2. The van der Waals surface area contributed by atoms with Gasteiger partial charge in [-0.3, -0.25) is 5.10 Å². The van der Waals surface area contributed by atoms with Crippen LogP contribution in [0.4, 0.5) is 0 Å². The molecule has 2 aromatic heterocycles. The molecule has 0 radical (unpaired) electrons. The Morgan fingerprint density at radius 1 is 1.20 bits per heavy atom. The van der Waals surface area contributed by atoms with Crippen LogP contribution < -0.4 is 0 Å². The molecule has 0 fully saturated rings. The van der Waals surface area contributed by atoms with E-state index in [9.17, 15) is 0 Å². The van der Waals surface area contributed by atoms with Crippen LogP contribution in [-0.2, 0) is 5.75 Å². The lowest BCUT2D eigenvalue weighted by atomic mass is 10.1. The van der Waals surface area contributed by atoms with Crippen molar-refractivity contribution in [3.63, 3.8) is 0 Å². The Labute approximate surface area is 120 Å². The second-order valence-corrected chi connectivity index (χ2v) is 5.50. The Bertz CT molecular complexity index is 702. The Morgan fingerprint density at radius 2 is 2.00 bits per heavy atom. The molecule has 0 saturated carbocycles. The van der Waals surface area contributed by atoms with Crippen molar-refractivity contribution in [1.82, 2.24) is 20.3 Å². The first kappa shape index (κ1) is 12.9. The maximum Gasteiger partial charge on any atom is 0.209 e. The average Bonchev–Trinajstić information content (AvgIpc) is 3.06. The van der Waals surface area contributed by atoms with E-state index in [-0.39, 0.29) is 0 Å². The quantitative estimate of drug-likeness (QED) is 0.745. The van der Waals surface area contributed by atoms with E-state index in [0.29, 0.717) is 10.9 Å². The van der Waals surface area contributed by atoms with Crippen LogP contribution in [0.1, 0.15) is 17.0 Å². The third-order valence-electron chi connectivity index (χ3n) is 2.81. The minimum atomic E-state index is 0.673. The molecule has 0 aliphatic rings. The molecule has 0 bridgehead atoms. The predicted octanol–water partition coefficient (Wildman–Crippen LogP) is 3.37. The Kier molecular flexibility index (Phi) is 3.56. The van der Waals surface area contributed by atoms with Crippen LogP contribution in [0.3, 0.4) is 0 Å². The van der Waals surface area contributed by atoms with E-state index < -0.39 is 0 Å². The number of hydrogen-bond donors (Lipinski definition) is 1. The zero-order valence-electron chi connectivity index (χ0n) is 11.3. The number of aromatic nitrogens is 4. The van der Waals surface area contributed by atoms with Gasteiger partial charge in [0.15, 0.2) is 5.82 Å². The molecule has 0 amide bonds. The first-order chi connectivity index (χ1) is 9.70. The summed E-state index contributed by atoms with van der Waals surface area (Å²) in [6.07, 6.45) is 0. The van der Waals surface area contributed by atoms with E-state index >= 15 is 0 Å². The lowest BCUT2D eigenvalue weighted by Crippen LogP contribution is -1.81. The number of aryl methyl sites for hydroxylation is 2. The highest BCUT2D eigenvalue weighted by molar-refractivity contribution is 7.98. The maximum atomic E-state index is 5.15. The second-order valence-electron chi connectivity index (χ2n) is 4.56. The van der Waals surface area contributed by atoms with Gasteiger partial charge in [0.2, 0.25) is 5.16 Å². The van der Waals surface area contributed by atoms with Crippen LogP contribution in [0, 0.1) is 13.8 Å². The summed E-state index contributed by atoms with van der Waals surface area (Å²) in [6.45, 7) is 3.96. The maximum absolute atomic E-state index is 5.15. The Hall–Kier alpha value is -2.08. The molecule has 3 rings (SSSR count). The summed E-state index contributed by atoms with van der Waals surface area (Å²) in [5.41, 5.74) is 3.14. The van der Waals surface area contributed by atoms with Gasteiger partial charge in [-0.2, -0.15) is 0 Å². The van der Waals surface area contributed by atoms with Gasteiger partial charge in [0.05, 0.1) is 11.4 Å². The molecule has 1 aromatic carbocycles.